The summed E-state index contributed by atoms with van der Waals surface area (Å²) in [6, 6.07) is 0. The highest BCUT2D eigenvalue weighted by Gasteiger charge is 2.29. The molecule has 0 spiro atoms. The highest BCUT2D eigenvalue weighted by Crippen LogP contribution is 2.40. The van der Waals surface area contributed by atoms with Gasteiger partial charge in [-0.1, -0.05) is 89.9 Å². The van der Waals surface area contributed by atoms with Crippen LogP contribution in [0.5, 0.6) is 0 Å². The van der Waals surface area contributed by atoms with Gasteiger partial charge in [-0.3, -0.25) is 0 Å². The van der Waals surface area contributed by atoms with Crippen LogP contribution in [0.3, 0.4) is 0 Å². The SMILES string of the molecule is CCCCCCCC1CCC(C#CC2(CCC)CCCCC2)CC1. The minimum absolute atomic E-state index is 0.406. The molecular formula is C24H42. The zero-order valence-electron chi connectivity index (χ0n) is 16.7. The zero-order chi connectivity index (χ0) is 17.1. The van der Waals surface area contributed by atoms with Crippen LogP contribution in [0, 0.1) is 29.1 Å². The van der Waals surface area contributed by atoms with E-state index in [1.54, 1.807) is 0 Å². The quantitative estimate of drug-likeness (QED) is 0.313. The van der Waals surface area contributed by atoms with Crippen LogP contribution in [0.4, 0.5) is 0 Å². The Bertz CT molecular complexity index is 363. The molecule has 0 amide bonds. The van der Waals surface area contributed by atoms with Gasteiger partial charge >= 0.3 is 0 Å². The Balaban J connectivity index is 1.70. The van der Waals surface area contributed by atoms with Gasteiger partial charge in [0.1, 0.15) is 0 Å². The van der Waals surface area contributed by atoms with Crippen LogP contribution in [0.2, 0.25) is 0 Å². The van der Waals surface area contributed by atoms with Gasteiger partial charge in [-0.05, 0) is 50.9 Å². The second-order valence-corrected chi connectivity index (χ2v) is 8.78. The lowest BCUT2D eigenvalue weighted by Crippen LogP contribution is -2.22. The second kappa shape index (κ2) is 11.2. The zero-order valence-corrected chi connectivity index (χ0v) is 16.7. The van der Waals surface area contributed by atoms with E-state index in [2.05, 4.69) is 25.7 Å². The van der Waals surface area contributed by atoms with E-state index in [1.165, 1.54) is 109 Å². The average Bonchev–Trinajstić information content (AvgIpc) is 2.62. The molecule has 0 heteroatoms. The lowest BCUT2D eigenvalue weighted by molar-refractivity contribution is 0.248. The minimum atomic E-state index is 0.406. The molecule has 2 saturated carbocycles. The standard InChI is InChI=1S/C24H42/c1-3-5-6-7-9-12-22-13-15-23(16-14-22)17-21-24(18-4-2)19-10-8-11-20-24/h22-23H,3-16,18-20H2,1-2H3. The third-order valence-electron chi connectivity index (χ3n) is 6.64. The van der Waals surface area contributed by atoms with Crippen molar-refractivity contribution in [1.82, 2.24) is 0 Å². The smallest absolute Gasteiger partial charge is 0.0314 e. The van der Waals surface area contributed by atoms with Crippen molar-refractivity contribution >= 4 is 0 Å². The van der Waals surface area contributed by atoms with Crippen molar-refractivity contribution in [2.24, 2.45) is 17.3 Å². The average molecular weight is 331 g/mol. The molecule has 0 radical (unpaired) electrons. The van der Waals surface area contributed by atoms with Gasteiger partial charge in [-0.15, -0.1) is 0 Å². The predicted molar refractivity (Wildman–Crippen MR) is 107 cm³/mol. The minimum Gasteiger partial charge on any atom is -0.0993 e. The molecule has 2 aliphatic rings. The van der Waals surface area contributed by atoms with Crippen molar-refractivity contribution in [2.75, 3.05) is 0 Å². The first-order valence-electron chi connectivity index (χ1n) is 11.3. The number of rotatable bonds is 8. The molecule has 0 saturated heterocycles. The molecular weight excluding hydrogens is 288 g/mol. The number of unbranched alkanes of at least 4 members (excludes halogenated alkanes) is 4. The number of hydrogen-bond acceptors (Lipinski definition) is 0. The fraction of sp³-hybridized carbons (Fsp3) is 0.917. The molecule has 0 N–H and O–H groups in total. The van der Waals surface area contributed by atoms with Crippen LogP contribution in [-0.4, -0.2) is 0 Å². The van der Waals surface area contributed by atoms with Crippen LogP contribution in [-0.2, 0) is 0 Å². The van der Waals surface area contributed by atoms with Crippen LogP contribution < -0.4 is 0 Å². The highest BCUT2D eigenvalue weighted by molar-refractivity contribution is 5.15. The van der Waals surface area contributed by atoms with Gasteiger partial charge < -0.3 is 0 Å². The molecule has 0 aromatic heterocycles. The summed E-state index contributed by atoms with van der Waals surface area (Å²) in [7, 11) is 0. The Kier molecular flexibility index (Phi) is 9.30. The maximum Gasteiger partial charge on any atom is 0.0314 e. The first kappa shape index (κ1) is 19.9. The Morgan fingerprint density at radius 1 is 0.792 bits per heavy atom. The Morgan fingerprint density at radius 2 is 1.50 bits per heavy atom. The predicted octanol–water partition coefficient (Wildman–Crippen LogP) is 7.91. The van der Waals surface area contributed by atoms with Crippen molar-refractivity contribution in [3.63, 3.8) is 0 Å². The fourth-order valence-electron chi connectivity index (χ4n) is 5.03. The van der Waals surface area contributed by atoms with E-state index >= 15 is 0 Å². The molecule has 2 fully saturated rings. The molecule has 0 nitrogen and oxygen atoms in total. The molecule has 0 bridgehead atoms. The summed E-state index contributed by atoms with van der Waals surface area (Å²) >= 11 is 0. The van der Waals surface area contributed by atoms with E-state index in [0.717, 1.165) is 11.8 Å². The maximum absolute atomic E-state index is 3.84. The summed E-state index contributed by atoms with van der Waals surface area (Å²) in [5, 5.41) is 0. The van der Waals surface area contributed by atoms with Crippen molar-refractivity contribution in [3.05, 3.63) is 0 Å². The molecule has 0 atom stereocenters. The summed E-state index contributed by atoms with van der Waals surface area (Å²) in [6.07, 6.45) is 24.0. The maximum atomic E-state index is 3.84. The van der Waals surface area contributed by atoms with Gasteiger partial charge in [0.2, 0.25) is 0 Å². The number of hydrogen-bond donors (Lipinski definition) is 0. The van der Waals surface area contributed by atoms with Crippen LogP contribution in [0.15, 0.2) is 0 Å². The summed E-state index contributed by atoms with van der Waals surface area (Å²) in [4.78, 5) is 0. The van der Waals surface area contributed by atoms with E-state index in [9.17, 15) is 0 Å². The van der Waals surface area contributed by atoms with Crippen molar-refractivity contribution in [1.29, 1.82) is 0 Å². The molecule has 0 aromatic rings. The van der Waals surface area contributed by atoms with E-state index in [4.69, 9.17) is 0 Å². The Morgan fingerprint density at radius 3 is 2.17 bits per heavy atom. The van der Waals surface area contributed by atoms with Crippen molar-refractivity contribution < 1.29 is 0 Å². The van der Waals surface area contributed by atoms with Crippen molar-refractivity contribution in [2.45, 2.75) is 123 Å². The van der Waals surface area contributed by atoms with Gasteiger partial charge in [0.15, 0.2) is 0 Å². The first-order valence-corrected chi connectivity index (χ1v) is 11.3. The van der Waals surface area contributed by atoms with Crippen LogP contribution >= 0.6 is 0 Å². The molecule has 0 aromatic carbocycles. The molecule has 0 heterocycles. The Hall–Kier alpha value is -0.440. The molecule has 24 heavy (non-hydrogen) atoms. The second-order valence-electron chi connectivity index (χ2n) is 8.78. The highest BCUT2D eigenvalue weighted by atomic mass is 14.3. The first-order chi connectivity index (χ1) is 11.8. The summed E-state index contributed by atoms with van der Waals surface area (Å²) < 4.78 is 0. The third-order valence-corrected chi connectivity index (χ3v) is 6.64. The normalized spacial score (nSPS) is 26.6. The summed E-state index contributed by atoms with van der Waals surface area (Å²) in [6.45, 7) is 4.64. The van der Waals surface area contributed by atoms with Gasteiger partial charge in [-0.2, -0.15) is 0 Å². The largest absolute Gasteiger partial charge is 0.0993 e. The van der Waals surface area contributed by atoms with Crippen LogP contribution in [0.25, 0.3) is 0 Å². The molecule has 0 unspecified atom stereocenters. The van der Waals surface area contributed by atoms with E-state index in [-0.39, 0.29) is 0 Å². The molecule has 2 aliphatic carbocycles. The van der Waals surface area contributed by atoms with Crippen molar-refractivity contribution in [3.8, 4) is 11.8 Å². The van der Waals surface area contributed by atoms with Gasteiger partial charge in [0.25, 0.3) is 0 Å². The lowest BCUT2D eigenvalue weighted by atomic mass is 9.71. The summed E-state index contributed by atoms with van der Waals surface area (Å²) in [5.41, 5.74) is 0.406. The summed E-state index contributed by atoms with van der Waals surface area (Å²) in [5.74, 6) is 9.35. The molecule has 138 valence electrons. The van der Waals surface area contributed by atoms with E-state index < -0.39 is 0 Å². The Labute approximate surface area is 152 Å². The third kappa shape index (κ3) is 6.82. The van der Waals surface area contributed by atoms with E-state index in [0.29, 0.717) is 5.41 Å². The van der Waals surface area contributed by atoms with Gasteiger partial charge in [-0.25, -0.2) is 0 Å². The van der Waals surface area contributed by atoms with Crippen LogP contribution in [0.1, 0.15) is 123 Å². The fourth-order valence-corrected chi connectivity index (χ4v) is 5.03. The van der Waals surface area contributed by atoms with Gasteiger partial charge in [0, 0.05) is 11.3 Å². The monoisotopic (exact) mass is 330 g/mol. The van der Waals surface area contributed by atoms with E-state index in [1.807, 2.05) is 0 Å². The topological polar surface area (TPSA) is 0 Å². The van der Waals surface area contributed by atoms with Gasteiger partial charge in [0.05, 0.1) is 0 Å². The molecule has 0 aliphatic heterocycles. The molecule has 2 rings (SSSR count). The lowest BCUT2D eigenvalue weighted by Gasteiger charge is -2.33.